The van der Waals surface area contributed by atoms with Gasteiger partial charge in [0.05, 0.1) is 36.0 Å². The van der Waals surface area contributed by atoms with Crippen molar-refractivity contribution in [1.29, 1.82) is 0 Å². The van der Waals surface area contributed by atoms with Crippen LogP contribution in [0.2, 0.25) is 0 Å². The minimum atomic E-state index is -3.60. The van der Waals surface area contributed by atoms with Crippen LogP contribution in [-0.2, 0) is 21.3 Å². The Hall–Kier alpha value is -2.89. The molecule has 0 saturated carbocycles. The molecule has 2 saturated heterocycles. The molecule has 0 aliphatic carbocycles. The number of nitrogens with zero attached hydrogens (tertiary/aromatic N) is 5. The van der Waals surface area contributed by atoms with E-state index in [9.17, 15) is 13.2 Å². The van der Waals surface area contributed by atoms with E-state index < -0.39 is 10.0 Å². The number of hydrogen-bond acceptors (Lipinski definition) is 7. The van der Waals surface area contributed by atoms with E-state index in [1.54, 1.807) is 30.5 Å². The summed E-state index contributed by atoms with van der Waals surface area (Å²) in [7, 11) is -3.60. The Morgan fingerprint density at radius 3 is 2.58 bits per heavy atom. The fourth-order valence-corrected chi connectivity index (χ4v) is 5.83. The van der Waals surface area contributed by atoms with E-state index in [-0.39, 0.29) is 10.6 Å². The molecule has 0 bridgehead atoms. The molecule has 0 radical (unpaired) electrons. The number of nitrogens with one attached hydrogen (secondary N) is 1. The summed E-state index contributed by atoms with van der Waals surface area (Å²) < 4.78 is 36.1. The Kier molecular flexibility index (Phi) is 6.09. The third-order valence-corrected chi connectivity index (χ3v) is 8.04. The maximum Gasteiger partial charge on any atom is 0.350 e. The van der Waals surface area contributed by atoms with E-state index in [4.69, 9.17) is 4.74 Å². The maximum atomic E-state index is 13.2. The lowest BCUT2D eigenvalue weighted by Crippen LogP contribution is -2.40. The van der Waals surface area contributed by atoms with Crippen LogP contribution in [0.1, 0.15) is 12.8 Å². The van der Waals surface area contributed by atoms with Gasteiger partial charge in [0, 0.05) is 38.9 Å². The third-order valence-electron chi connectivity index (χ3n) is 6.15. The van der Waals surface area contributed by atoms with Crippen molar-refractivity contribution in [2.75, 3.05) is 56.2 Å². The first-order valence-electron chi connectivity index (χ1n) is 11.3. The molecule has 10 nitrogen and oxygen atoms in total. The number of benzene rings is 1. The standard InChI is InChI=1S/C22H28N6O4S/c29-22-27-11-2-1-5-21(27)24-28(22)12-8-23-19-17-18(6-7-20(19)25-9-3-4-10-25)33(30,31)26-13-15-32-16-14-26/h1-2,5-7,11,17,23H,3-4,8-10,12-16H2. The Labute approximate surface area is 192 Å². The zero-order chi connectivity index (χ0) is 22.8. The van der Waals surface area contributed by atoms with Crippen LogP contribution in [0, 0.1) is 0 Å². The number of pyridine rings is 1. The molecule has 4 heterocycles. The van der Waals surface area contributed by atoms with Crippen LogP contribution in [0.4, 0.5) is 11.4 Å². The van der Waals surface area contributed by atoms with E-state index in [1.807, 2.05) is 12.1 Å². The summed E-state index contributed by atoms with van der Waals surface area (Å²) in [4.78, 5) is 15.1. The molecule has 0 atom stereocenters. The summed E-state index contributed by atoms with van der Waals surface area (Å²) in [5, 5.41) is 7.73. The van der Waals surface area contributed by atoms with E-state index in [1.165, 1.54) is 13.4 Å². The van der Waals surface area contributed by atoms with E-state index in [2.05, 4.69) is 15.3 Å². The van der Waals surface area contributed by atoms with Gasteiger partial charge in [-0.1, -0.05) is 6.07 Å². The van der Waals surface area contributed by atoms with Gasteiger partial charge in [0.2, 0.25) is 10.0 Å². The van der Waals surface area contributed by atoms with Crippen LogP contribution in [0.25, 0.3) is 5.65 Å². The van der Waals surface area contributed by atoms with Gasteiger partial charge in [-0.25, -0.2) is 17.9 Å². The second-order valence-electron chi connectivity index (χ2n) is 8.25. The molecule has 0 spiro atoms. The summed E-state index contributed by atoms with van der Waals surface area (Å²) in [5.41, 5.74) is 2.13. The van der Waals surface area contributed by atoms with E-state index in [0.717, 1.165) is 37.3 Å². The molecular formula is C22H28N6O4S. The molecule has 0 amide bonds. The van der Waals surface area contributed by atoms with Gasteiger partial charge in [0.25, 0.3) is 0 Å². The Morgan fingerprint density at radius 2 is 1.82 bits per heavy atom. The Balaban J connectivity index is 1.39. The average molecular weight is 473 g/mol. The number of sulfonamides is 1. The lowest BCUT2D eigenvalue weighted by Gasteiger charge is -2.27. The molecule has 2 fully saturated rings. The summed E-state index contributed by atoms with van der Waals surface area (Å²) in [6, 6.07) is 10.7. The first-order valence-corrected chi connectivity index (χ1v) is 12.7. The molecule has 1 aromatic carbocycles. The fourth-order valence-electron chi connectivity index (χ4n) is 4.40. The average Bonchev–Trinajstić information content (AvgIpc) is 3.48. The normalized spacial score (nSPS) is 17.6. The number of morpholine rings is 1. The molecule has 11 heteroatoms. The molecule has 1 N–H and O–H groups in total. The highest BCUT2D eigenvalue weighted by Gasteiger charge is 2.27. The highest BCUT2D eigenvalue weighted by molar-refractivity contribution is 7.89. The molecule has 2 aliphatic rings. The van der Waals surface area contributed by atoms with Crippen LogP contribution in [0.5, 0.6) is 0 Å². The third kappa shape index (κ3) is 4.35. The zero-order valence-corrected chi connectivity index (χ0v) is 19.2. The lowest BCUT2D eigenvalue weighted by atomic mass is 10.2. The molecule has 5 rings (SSSR count). The lowest BCUT2D eigenvalue weighted by molar-refractivity contribution is 0.0730. The van der Waals surface area contributed by atoms with Gasteiger partial charge in [-0.2, -0.15) is 4.31 Å². The van der Waals surface area contributed by atoms with Crippen molar-refractivity contribution >= 4 is 27.0 Å². The summed E-state index contributed by atoms with van der Waals surface area (Å²) in [6.45, 7) is 4.21. The van der Waals surface area contributed by atoms with Gasteiger partial charge in [0.1, 0.15) is 0 Å². The number of rotatable bonds is 7. The highest BCUT2D eigenvalue weighted by atomic mass is 32.2. The van der Waals surface area contributed by atoms with Crippen LogP contribution >= 0.6 is 0 Å². The van der Waals surface area contributed by atoms with Gasteiger partial charge in [-0.05, 0) is 43.2 Å². The van der Waals surface area contributed by atoms with Crippen LogP contribution < -0.4 is 15.9 Å². The zero-order valence-electron chi connectivity index (χ0n) is 18.4. The van der Waals surface area contributed by atoms with Gasteiger partial charge in [-0.3, -0.25) is 4.40 Å². The largest absolute Gasteiger partial charge is 0.381 e. The molecule has 2 aromatic heterocycles. The summed E-state index contributed by atoms with van der Waals surface area (Å²) >= 11 is 0. The van der Waals surface area contributed by atoms with E-state index in [0.29, 0.717) is 45.0 Å². The van der Waals surface area contributed by atoms with Crippen molar-refractivity contribution in [1.82, 2.24) is 18.5 Å². The first kappa shape index (κ1) is 21.9. The quantitative estimate of drug-likeness (QED) is 0.552. The smallest absolute Gasteiger partial charge is 0.350 e. The maximum absolute atomic E-state index is 13.2. The van der Waals surface area contributed by atoms with Gasteiger partial charge >= 0.3 is 5.69 Å². The predicted octanol–water partition coefficient (Wildman–Crippen LogP) is 1.23. The fraction of sp³-hybridized carbons (Fsp3) is 0.455. The minimum absolute atomic E-state index is 0.198. The van der Waals surface area contributed by atoms with Crippen molar-refractivity contribution in [3.8, 4) is 0 Å². The second-order valence-corrected chi connectivity index (χ2v) is 10.2. The topological polar surface area (TPSA) is 101 Å². The van der Waals surface area contributed by atoms with E-state index >= 15 is 0 Å². The predicted molar refractivity (Wildman–Crippen MR) is 125 cm³/mol. The van der Waals surface area contributed by atoms with Crippen LogP contribution in [-0.4, -0.2) is 72.8 Å². The minimum Gasteiger partial charge on any atom is -0.381 e. The van der Waals surface area contributed by atoms with Crippen LogP contribution in [0.3, 0.4) is 0 Å². The highest BCUT2D eigenvalue weighted by Crippen LogP contribution is 2.32. The molecule has 2 aliphatic heterocycles. The van der Waals surface area contributed by atoms with Crippen LogP contribution in [0.15, 0.2) is 52.3 Å². The van der Waals surface area contributed by atoms with Crippen molar-refractivity contribution < 1.29 is 13.2 Å². The van der Waals surface area contributed by atoms with Gasteiger partial charge < -0.3 is 15.0 Å². The van der Waals surface area contributed by atoms with Gasteiger partial charge in [-0.15, -0.1) is 5.10 Å². The van der Waals surface area contributed by atoms with Crippen molar-refractivity contribution in [2.24, 2.45) is 0 Å². The number of aromatic nitrogens is 3. The molecule has 33 heavy (non-hydrogen) atoms. The molecule has 0 unspecified atom stereocenters. The summed E-state index contributed by atoms with van der Waals surface area (Å²) in [5.74, 6) is 0. The molecule has 176 valence electrons. The number of hydrogen-bond donors (Lipinski definition) is 1. The number of ether oxygens (including phenoxy) is 1. The number of anilines is 2. The van der Waals surface area contributed by atoms with Crippen molar-refractivity contribution in [3.05, 3.63) is 53.1 Å². The van der Waals surface area contributed by atoms with Crippen molar-refractivity contribution in [2.45, 2.75) is 24.3 Å². The van der Waals surface area contributed by atoms with Crippen molar-refractivity contribution in [3.63, 3.8) is 0 Å². The summed E-state index contributed by atoms with van der Waals surface area (Å²) in [6.07, 6.45) is 3.92. The molecular weight excluding hydrogens is 444 g/mol. The Bertz CT molecular complexity index is 1290. The first-order chi connectivity index (χ1) is 16.0. The second kappa shape index (κ2) is 9.16. The molecule has 3 aromatic rings. The Morgan fingerprint density at radius 1 is 1.03 bits per heavy atom. The monoisotopic (exact) mass is 472 g/mol. The van der Waals surface area contributed by atoms with Gasteiger partial charge in [0.15, 0.2) is 5.65 Å². The SMILES string of the molecule is O=c1n(CCNc2cc(S(=O)(=O)N3CCOCC3)ccc2N2CCCC2)nc2ccccn12. The number of fused-ring (bicyclic) bond motifs is 1.